The van der Waals surface area contributed by atoms with E-state index in [9.17, 15) is 0 Å². The summed E-state index contributed by atoms with van der Waals surface area (Å²) in [6.07, 6.45) is 8.82. The molecular formula is C56H54N4. The number of aromatic nitrogens is 4. The number of fused-ring (bicyclic) bond motifs is 8. The summed E-state index contributed by atoms with van der Waals surface area (Å²) >= 11 is 0. The van der Waals surface area contributed by atoms with E-state index in [0.717, 1.165) is 67.1 Å². The Bertz CT molecular complexity index is 2790. The van der Waals surface area contributed by atoms with Crippen LogP contribution in [0.4, 0.5) is 0 Å². The highest BCUT2D eigenvalue weighted by Crippen LogP contribution is 2.42. The van der Waals surface area contributed by atoms with Crippen LogP contribution in [0.5, 0.6) is 0 Å². The van der Waals surface area contributed by atoms with Crippen LogP contribution in [0, 0.1) is 83.1 Å². The second-order valence-electron chi connectivity index (χ2n) is 17.2. The number of aromatic amines is 2. The molecule has 2 aliphatic rings. The third-order valence-corrected chi connectivity index (χ3v) is 14.1. The van der Waals surface area contributed by atoms with Gasteiger partial charge in [-0.05, 0) is 221 Å². The number of hydrogen-bond donors (Lipinski definition) is 2. The van der Waals surface area contributed by atoms with Crippen molar-refractivity contribution in [3.63, 3.8) is 0 Å². The zero-order valence-electron chi connectivity index (χ0n) is 37.1. The van der Waals surface area contributed by atoms with Crippen molar-refractivity contribution in [3.8, 4) is 44.5 Å². The van der Waals surface area contributed by atoms with Crippen LogP contribution < -0.4 is 0 Å². The molecule has 9 rings (SSSR count). The summed E-state index contributed by atoms with van der Waals surface area (Å²) in [5.74, 6) is 0. The van der Waals surface area contributed by atoms with E-state index in [0.29, 0.717) is 0 Å². The lowest BCUT2D eigenvalue weighted by Crippen LogP contribution is -1.96. The highest BCUT2D eigenvalue weighted by Gasteiger charge is 2.22. The maximum absolute atomic E-state index is 5.61. The van der Waals surface area contributed by atoms with Gasteiger partial charge in [-0.2, -0.15) is 0 Å². The van der Waals surface area contributed by atoms with E-state index >= 15 is 0 Å². The Morgan fingerprint density at radius 3 is 0.700 bits per heavy atom. The van der Waals surface area contributed by atoms with Gasteiger partial charge in [0.15, 0.2) is 0 Å². The Balaban J connectivity index is 1.53. The number of nitrogens with one attached hydrogen (secondary N) is 2. The number of benzene rings is 4. The molecule has 3 aromatic heterocycles. The third-order valence-electron chi connectivity index (χ3n) is 14.1. The van der Waals surface area contributed by atoms with Gasteiger partial charge < -0.3 is 9.97 Å². The SMILES string of the molecule is Cc1ccc(-c2c3nc(c(-c4ccc(C)c(C)c4C)c4ccc([nH]4)c(-c4ccc(C)c(C)c4C)c4nc(c(-c5ccc(C)c(C)c5C)c5ccc2[nH]5)C=C4)C=C3)c(C)c1C. The molecule has 8 bridgehead atoms. The molecule has 0 unspecified atom stereocenters. The third kappa shape index (κ3) is 6.20. The van der Waals surface area contributed by atoms with Crippen LogP contribution in [-0.2, 0) is 0 Å². The molecule has 2 N–H and O–H groups in total. The Kier molecular flexibility index (Phi) is 9.51. The minimum absolute atomic E-state index is 0.929. The first kappa shape index (κ1) is 39.0. The van der Waals surface area contributed by atoms with Crippen molar-refractivity contribution in [2.24, 2.45) is 0 Å². The molecule has 7 aromatic rings. The van der Waals surface area contributed by atoms with E-state index in [1.807, 2.05) is 0 Å². The van der Waals surface area contributed by atoms with Crippen LogP contribution in [0.1, 0.15) is 89.5 Å². The van der Waals surface area contributed by atoms with Crippen molar-refractivity contribution in [3.05, 3.63) is 162 Å². The minimum atomic E-state index is 0.929. The molecule has 0 atom stereocenters. The zero-order valence-corrected chi connectivity index (χ0v) is 37.1. The molecule has 0 saturated heterocycles. The fraction of sp³-hybridized carbons (Fsp3) is 0.214. The Labute approximate surface area is 354 Å². The summed E-state index contributed by atoms with van der Waals surface area (Å²) in [5.41, 5.74) is 32.1. The number of nitrogens with zero attached hydrogens (tertiary/aromatic N) is 2. The molecule has 0 aliphatic carbocycles. The van der Waals surface area contributed by atoms with Gasteiger partial charge in [-0.25, -0.2) is 9.97 Å². The molecule has 0 fully saturated rings. The molecule has 2 aliphatic heterocycles. The lowest BCUT2D eigenvalue weighted by molar-refractivity contribution is 1.25. The van der Waals surface area contributed by atoms with Crippen LogP contribution in [0.2, 0.25) is 0 Å². The average Bonchev–Trinajstić information content (AvgIpc) is 4.08. The van der Waals surface area contributed by atoms with Gasteiger partial charge in [0.2, 0.25) is 0 Å². The topological polar surface area (TPSA) is 57.4 Å². The van der Waals surface area contributed by atoms with Crippen molar-refractivity contribution < 1.29 is 0 Å². The van der Waals surface area contributed by atoms with E-state index in [-0.39, 0.29) is 0 Å². The smallest absolute Gasteiger partial charge is 0.0737 e. The first-order valence-electron chi connectivity index (χ1n) is 21.2. The van der Waals surface area contributed by atoms with Crippen molar-refractivity contribution in [1.29, 1.82) is 0 Å². The van der Waals surface area contributed by atoms with Gasteiger partial charge in [0.1, 0.15) is 0 Å². The van der Waals surface area contributed by atoms with Gasteiger partial charge >= 0.3 is 0 Å². The molecule has 298 valence electrons. The van der Waals surface area contributed by atoms with Gasteiger partial charge in [0.25, 0.3) is 0 Å². The molecular weight excluding hydrogens is 729 g/mol. The number of hydrogen-bond acceptors (Lipinski definition) is 2. The molecule has 0 saturated carbocycles. The van der Waals surface area contributed by atoms with Gasteiger partial charge in [0.05, 0.1) is 22.8 Å². The summed E-state index contributed by atoms with van der Waals surface area (Å²) in [7, 11) is 0. The lowest BCUT2D eigenvalue weighted by atomic mass is 9.93. The molecule has 0 amide bonds. The number of H-pyrrole nitrogens is 2. The van der Waals surface area contributed by atoms with Crippen LogP contribution in [0.3, 0.4) is 0 Å². The van der Waals surface area contributed by atoms with E-state index in [2.05, 4.69) is 190 Å². The lowest BCUT2D eigenvalue weighted by Gasteiger charge is -2.14. The van der Waals surface area contributed by atoms with Gasteiger partial charge in [-0.1, -0.05) is 48.5 Å². The van der Waals surface area contributed by atoms with Crippen LogP contribution in [-0.4, -0.2) is 19.9 Å². The summed E-state index contributed by atoms with van der Waals surface area (Å²) in [5, 5.41) is 0. The summed E-state index contributed by atoms with van der Waals surface area (Å²) in [4.78, 5) is 19.2. The summed E-state index contributed by atoms with van der Waals surface area (Å²) in [6.45, 7) is 26.6. The van der Waals surface area contributed by atoms with Crippen molar-refractivity contribution >= 4 is 46.4 Å². The van der Waals surface area contributed by atoms with Crippen molar-refractivity contribution in [1.82, 2.24) is 19.9 Å². The summed E-state index contributed by atoms with van der Waals surface area (Å²) < 4.78 is 0. The normalized spacial score (nSPS) is 12.2. The highest BCUT2D eigenvalue weighted by molar-refractivity contribution is 6.01. The maximum Gasteiger partial charge on any atom is 0.0737 e. The fourth-order valence-electron chi connectivity index (χ4n) is 9.25. The number of aryl methyl sites for hydroxylation is 4. The summed E-state index contributed by atoms with van der Waals surface area (Å²) in [6, 6.07) is 27.0. The Morgan fingerprint density at radius 2 is 0.483 bits per heavy atom. The minimum Gasteiger partial charge on any atom is -0.354 e. The first-order valence-corrected chi connectivity index (χ1v) is 21.2. The monoisotopic (exact) mass is 782 g/mol. The average molecular weight is 783 g/mol. The Hall–Kier alpha value is -6.52. The van der Waals surface area contributed by atoms with Crippen LogP contribution >= 0.6 is 0 Å². The van der Waals surface area contributed by atoms with E-state index in [1.165, 1.54) is 89.0 Å². The van der Waals surface area contributed by atoms with Crippen molar-refractivity contribution in [2.45, 2.75) is 83.1 Å². The van der Waals surface area contributed by atoms with E-state index in [1.54, 1.807) is 0 Å². The zero-order chi connectivity index (χ0) is 42.3. The molecule has 60 heavy (non-hydrogen) atoms. The van der Waals surface area contributed by atoms with Crippen molar-refractivity contribution in [2.75, 3.05) is 0 Å². The predicted molar refractivity (Wildman–Crippen MR) is 257 cm³/mol. The maximum atomic E-state index is 5.61. The highest BCUT2D eigenvalue weighted by atomic mass is 14.8. The van der Waals surface area contributed by atoms with E-state index < -0.39 is 0 Å². The van der Waals surface area contributed by atoms with Crippen LogP contribution in [0.25, 0.3) is 90.9 Å². The van der Waals surface area contributed by atoms with Crippen LogP contribution in [0.15, 0.2) is 72.8 Å². The van der Waals surface area contributed by atoms with Gasteiger partial charge in [-0.3, -0.25) is 0 Å². The van der Waals surface area contributed by atoms with Gasteiger partial charge in [-0.15, -0.1) is 0 Å². The largest absolute Gasteiger partial charge is 0.354 e. The quantitative estimate of drug-likeness (QED) is 0.187. The molecule has 4 nitrogen and oxygen atoms in total. The molecule has 0 radical (unpaired) electrons. The molecule has 4 heteroatoms. The fourth-order valence-corrected chi connectivity index (χ4v) is 9.25. The van der Waals surface area contributed by atoms with E-state index in [4.69, 9.17) is 9.97 Å². The van der Waals surface area contributed by atoms with Gasteiger partial charge in [0, 0.05) is 44.3 Å². The second kappa shape index (κ2) is 14.6. The first-order chi connectivity index (χ1) is 28.7. The molecule has 5 heterocycles. The number of rotatable bonds is 4. The molecule has 4 aromatic carbocycles. The Morgan fingerprint density at radius 1 is 0.267 bits per heavy atom. The standard InChI is InChI=1S/C56H54N4/c1-29-13-17-41(37(9)33(29)5)53-45-21-23-47(57-45)54(42-18-14-30(2)34(6)38(42)10)49-25-27-51(59-49)56(44-20-16-32(4)36(8)40(44)12)52-28-26-50(60-52)55(48-24-22-46(53)58-48)43-19-15-31(3)35(7)39(43)11/h13-28,57,60H,1-12H3. The second-order valence-corrected chi connectivity index (χ2v) is 17.2. The molecule has 0 spiro atoms. The predicted octanol–water partition coefficient (Wildman–Crippen LogP) is 15.0.